The highest BCUT2D eigenvalue weighted by Gasteiger charge is 2.12. The highest BCUT2D eigenvalue weighted by Crippen LogP contribution is 2.37. The molecule has 0 spiro atoms. The average Bonchev–Trinajstić information content (AvgIpc) is 2.51. The van der Waals surface area contributed by atoms with Crippen molar-refractivity contribution in [1.29, 1.82) is 0 Å². The largest absolute Gasteiger partial charge is 0.507 e. The molecule has 0 aliphatic heterocycles. The molecule has 1 aromatic heterocycles. The number of aromatic nitrogens is 2. The lowest BCUT2D eigenvalue weighted by Crippen LogP contribution is -1.80. The van der Waals surface area contributed by atoms with E-state index in [0.29, 0.717) is 15.0 Å². The van der Waals surface area contributed by atoms with Crippen LogP contribution in [0.1, 0.15) is 0 Å². The van der Waals surface area contributed by atoms with Crippen LogP contribution in [0.15, 0.2) is 22.7 Å². The molecule has 0 saturated heterocycles. The minimum atomic E-state index is 0.159. The van der Waals surface area contributed by atoms with Crippen molar-refractivity contribution in [2.75, 3.05) is 0 Å². The van der Waals surface area contributed by atoms with Crippen molar-refractivity contribution >= 4 is 38.9 Å². The Kier molecular flexibility index (Phi) is 2.71. The molecule has 1 aromatic carbocycles. The van der Waals surface area contributed by atoms with Crippen molar-refractivity contribution in [3.63, 3.8) is 0 Å². The van der Waals surface area contributed by atoms with Crippen molar-refractivity contribution in [3.05, 3.63) is 27.1 Å². The second-order valence-corrected chi connectivity index (χ2v) is 4.91. The Bertz CT molecular complexity index is 454. The quantitative estimate of drug-likeness (QED) is 0.876. The first-order valence-corrected chi connectivity index (χ1v) is 5.64. The number of phenolic OH excluding ortho intramolecular Hbond substituents is 1. The zero-order valence-electron chi connectivity index (χ0n) is 6.74. The van der Waals surface area contributed by atoms with Crippen LogP contribution in [0.25, 0.3) is 10.6 Å². The third-order valence-electron chi connectivity index (χ3n) is 1.61. The van der Waals surface area contributed by atoms with Crippen molar-refractivity contribution in [2.24, 2.45) is 0 Å². The summed E-state index contributed by atoms with van der Waals surface area (Å²) in [4.78, 5) is 0. The van der Waals surface area contributed by atoms with E-state index in [4.69, 9.17) is 11.6 Å². The van der Waals surface area contributed by atoms with Gasteiger partial charge in [-0.25, -0.2) is 0 Å². The summed E-state index contributed by atoms with van der Waals surface area (Å²) in [5, 5.41) is 17.7. The van der Waals surface area contributed by atoms with Gasteiger partial charge in [-0.1, -0.05) is 17.4 Å². The Balaban J connectivity index is 2.61. The highest BCUT2D eigenvalue weighted by atomic mass is 79.9. The van der Waals surface area contributed by atoms with Crippen LogP contribution in [-0.2, 0) is 0 Å². The van der Waals surface area contributed by atoms with Crippen LogP contribution in [0.4, 0.5) is 0 Å². The third-order valence-corrected chi connectivity index (χ3v) is 3.30. The number of aromatic hydroxyl groups is 1. The van der Waals surface area contributed by atoms with Crippen LogP contribution in [0, 0.1) is 0 Å². The molecule has 0 fully saturated rings. The second-order valence-electron chi connectivity index (χ2n) is 2.49. The van der Waals surface area contributed by atoms with Gasteiger partial charge in [-0.15, -0.1) is 10.2 Å². The number of benzene rings is 1. The molecule has 6 heteroatoms. The van der Waals surface area contributed by atoms with Crippen LogP contribution in [0.2, 0.25) is 4.47 Å². The Labute approximate surface area is 97.5 Å². The number of rotatable bonds is 1. The normalized spacial score (nSPS) is 10.4. The number of nitrogens with zero attached hydrogens (tertiary/aromatic N) is 2. The van der Waals surface area contributed by atoms with Gasteiger partial charge in [0.15, 0.2) is 5.01 Å². The molecule has 0 saturated carbocycles. The molecule has 0 bridgehead atoms. The second kappa shape index (κ2) is 3.84. The molecule has 0 aliphatic rings. The molecule has 0 radical (unpaired) electrons. The van der Waals surface area contributed by atoms with Crippen molar-refractivity contribution in [2.45, 2.75) is 0 Å². The van der Waals surface area contributed by atoms with Gasteiger partial charge in [-0.3, -0.25) is 0 Å². The average molecular weight is 292 g/mol. The molecular formula is C8H4BrClN2OS. The van der Waals surface area contributed by atoms with Gasteiger partial charge < -0.3 is 5.11 Å². The molecule has 0 atom stereocenters. The van der Waals surface area contributed by atoms with E-state index in [2.05, 4.69) is 26.1 Å². The van der Waals surface area contributed by atoms with E-state index >= 15 is 0 Å². The molecular weight excluding hydrogens is 288 g/mol. The predicted molar refractivity (Wildman–Crippen MR) is 59.7 cm³/mol. The summed E-state index contributed by atoms with van der Waals surface area (Å²) in [6, 6.07) is 5.16. The van der Waals surface area contributed by atoms with E-state index in [1.807, 2.05) is 6.07 Å². The Morgan fingerprint density at radius 3 is 2.71 bits per heavy atom. The summed E-state index contributed by atoms with van der Waals surface area (Å²) in [5.74, 6) is 0.159. The third kappa shape index (κ3) is 1.75. The molecule has 1 heterocycles. The Morgan fingerprint density at radius 2 is 2.14 bits per heavy atom. The van der Waals surface area contributed by atoms with Crippen LogP contribution >= 0.6 is 38.9 Å². The fourth-order valence-electron chi connectivity index (χ4n) is 1.03. The van der Waals surface area contributed by atoms with E-state index in [0.717, 1.165) is 4.47 Å². The maximum absolute atomic E-state index is 9.62. The van der Waals surface area contributed by atoms with Crippen LogP contribution in [0.3, 0.4) is 0 Å². The fourth-order valence-corrected chi connectivity index (χ4v) is 2.60. The standard InChI is InChI=1S/C8H4BrClN2OS/c9-4-2-1-3-5(13)6(4)7-11-12-8(10)14-7/h1-3,13H. The smallest absolute Gasteiger partial charge is 0.207 e. The number of halogens is 2. The number of hydrogen-bond acceptors (Lipinski definition) is 4. The van der Waals surface area contributed by atoms with Crippen molar-refractivity contribution < 1.29 is 5.11 Å². The minimum Gasteiger partial charge on any atom is -0.507 e. The summed E-state index contributed by atoms with van der Waals surface area (Å²) in [5.41, 5.74) is 0.622. The van der Waals surface area contributed by atoms with Crippen LogP contribution < -0.4 is 0 Å². The van der Waals surface area contributed by atoms with E-state index in [1.165, 1.54) is 11.3 Å². The first kappa shape index (κ1) is 9.89. The molecule has 0 unspecified atom stereocenters. The summed E-state index contributed by atoms with van der Waals surface area (Å²) < 4.78 is 1.13. The number of phenols is 1. The maximum Gasteiger partial charge on any atom is 0.207 e. The van der Waals surface area contributed by atoms with Gasteiger partial charge in [-0.05, 0) is 39.7 Å². The van der Waals surface area contributed by atoms with Gasteiger partial charge in [0.2, 0.25) is 4.47 Å². The Hall–Kier alpha value is -0.650. The molecule has 14 heavy (non-hydrogen) atoms. The lowest BCUT2D eigenvalue weighted by Gasteiger charge is -2.01. The summed E-state index contributed by atoms with van der Waals surface area (Å²) in [7, 11) is 0. The fraction of sp³-hybridized carbons (Fsp3) is 0. The molecule has 2 rings (SSSR count). The van der Waals surface area contributed by atoms with E-state index in [1.54, 1.807) is 12.1 Å². The number of hydrogen-bond donors (Lipinski definition) is 1. The molecule has 1 N–H and O–H groups in total. The molecule has 2 aromatic rings. The minimum absolute atomic E-state index is 0.159. The summed E-state index contributed by atoms with van der Waals surface area (Å²) >= 11 is 10.2. The monoisotopic (exact) mass is 290 g/mol. The summed E-state index contributed by atoms with van der Waals surface area (Å²) in [6.07, 6.45) is 0. The van der Waals surface area contributed by atoms with Gasteiger partial charge in [0.1, 0.15) is 5.75 Å². The molecule has 72 valence electrons. The van der Waals surface area contributed by atoms with Crippen LogP contribution in [-0.4, -0.2) is 15.3 Å². The van der Waals surface area contributed by atoms with Crippen LogP contribution in [0.5, 0.6) is 5.75 Å². The van der Waals surface area contributed by atoms with Gasteiger partial charge in [0.25, 0.3) is 0 Å². The highest BCUT2D eigenvalue weighted by molar-refractivity contribution is 9.10. The zero-order valence-corrected chi connectivity index (χ0v) is 9.90. The molecule has 0 amide bonds. The van der Waals surface area contributed by atoms with Gasteiger partial charge in [-0.2, -0.15) is 0 Å². The van der Waals surface area contributed by atoms with Gasteiger partial charge in [0, 0.05) is 4.47 Å². The molecule has 3 nitrogen and oxygen atoms in total. The maximum atomic E-state index is 9.62. The first-order chi connectivity index (χ1) is 6.68. The lowest BCUT2D eigenvalue weighted by atomic mass is 10.2. The van der Waals surface area contributed by atoms with E-state index in [9.17, 15) is 5.11 Å². The van der Waals surface area contributed by atoms with Gasteiger partial charge in [0.05, 0.1) is 5.56 Å². The predicted octanol–water partition coefficient (Wildman–Crippen LogP) is 3.33. The van der Waals surface area contributed by atoms with Gasteiger partial charge >= 0.3 is 0 Å². The topological polar surface area (TPSA) is 46.0 Å². The van der Waals surface area contributed by atoms with Crippen molar-refractivity contribution in [1.82, 2.24) is 10.2 Å². The van der Waals surface area contributed by atoms with Crippen molar-refractivity contribution in [3.8, 4) is 16.3 Å². The zero-order chi connectivity index (χ0) is 10.1. The lowest BCUT2D eigenvalue weighted by molar-refractivity contribution is 0.477. The van der Waals surface area contributed by atoms with E-state index < -0.39 is 0 Å². The summed E-state index contributed by atoms with van der Waals surface area (Å²) in [6.45, 7) is 0. The first-order valence-electron chi connectivity index (χ1n) is 3.65. The Morgan fingerprint density at radius 1 is 1.36 bits per heavy atom. The van der Waals surface area contributed by atoms with E-state index in [-0.39, 0.29) is 5.75 Å². The molecule has 0 aliphatic carbocycles. The SMILES string of the molecule is Oc1cccc(Br)c1-c1nnc(Cl)s1.